The summed E-state index contributed by atoms with van der Waals surface area (Å²) in [5, 5.41) is 7.06. The van der Waals surface area contributed by atoms with E-state index in [0.717, 1.165) is 25.1 Å². The molecule has 0 spiro atoms. The van der Waals surface area contributed by atoms with Crippen molar-refractivity contribution in [3.63, 3.8) is 0 Å². The summed E-state index contributed by atoms with van der Waals surface area (Å²) in [6, 6.07) is 6.01. The Balaban J connectivity index is 1.93. The minimum Gasteiger partial charge on any atom is -0.334 e. The number of hydrogen-bond donors (Lipinski definition) is 1. The molecule has 0 atom stereocenters. The molecule has 0 saturated carbocycles. The molecule has 0 unspecified atom stereocenters. The van der Waals surface area contributed by atoms with Crippen LogP contribution < -0.4 is 5.32 Å². The molecule has 2 aromatic rings. The van der Waals surface area contributed by atoms with E-state index in [4.69, 9.17) is 4.52 Å². The van der Waals surface area contributed by atoms with E-state index in [2.05, 4.69) is 20.4 Å². The van der Waals surface area contributed by atoms with Crippen molar-refractivity contribution in [3.8, 4) is 11.5 Å². The normalized spacial score (nSPS) is 11.2. The smallest absolute Gasteiger partial charge is 0.257 e. The summed E-state index contributed by atoms with van der Waals surface area (Å²) in [6.07, 6.45) is 1.07. The van der Waals surface area contributed by atoms with Crippen molar-refractivity contribution in [1.29, 1.82) is 0 Å². The molecule has 108 valence electrons. The van der Waals surface area contributed by atoms with Crippen molar-refractivity contribution >= 4 is 0 Å². The van der Waals surface area contributed by atoms with Gasteiger partial charge in [0.05, 0.1) is 6.54 Å². The van der Waals surface area contributed by atoms with E-state index in [1.807, 2.05) is 14.1 Å². The molecule has 20 heavy (non-hydrogen) atoms. The average Bonchev–Trinajstić information content (AvgIpc) is 2.88. The van der Waals surface area contributed by atoms with Gasteiger partial charge in [0, 0.05) is 5.56 Å². The zero-order chi connectivity index (χ0) is 14.4. The number of benzene rings is 1. The van der Waals surface area contributed by atoms with Crippen LogP contribution in [0.2, 0.25) is 0 Å². The first kappa shape index (κ1) is 14.6. The highest BCUT2D eigenvalue weighted by molar-refractivity contribution is 5.52. The van der Waals surface area contributed by atoms with Crippen LogP contribution in [0.1, 0.15) is 12.2 Å². The maximum absolute atomic E-state index is 12.8. The van der Waals surface area contributed by atoms with Gasteiger partial charge in [-0.3, -0.25) is 4.90 Å². The molecule has 0 saturated heterocycles. The van der Waals surface area contributed by atoms with Gasteiger partial charge in [0.2, 0.25) is 0 Å². The standard InChI is InChI=1S/C14H19FN4O/c1-16-8-3-9-19(2)10-13-17-14(20-18-13)11-4-6-12(15)7-5-11/h4-7,16H,3,8-10H2,1-2H3. The molecule has 6 heteroatoms. The van der Waals surface area contributed by atoms with Gasteiger partial charge in [-0.2, -0.15) is 4.98 Å². The van der Waals surface area contributed by atoms with E-state index in [-0.39, 0.29) is 5.82 Å². The second-order valence-corrected chi connectivity index (χ2v) is 4.72. The number of nitrogens with one attached hydrogen (secondary N) is 1. The van der Waals surface area contributed by atoms with E-state index < -0.39 is 0 Å². The quantitative estimate of drug-likeness (QED) is 0.784. The van der Waals surface area contributed by atoms with Crippen LogP contribution in [0.25, 0.3) is 11.5 Å². The summed E-state index contributed by atoms with van der Waals surface area (Å²) in [4.78, 5) is 6.46. The molecule has 0 aliphatic carbocycles. The summed E-state index contributed by atoms with van der Waals surface area (Å²) in [5.74, 6) is 0.776. The fourth-order valence-electron chi connectivity index (χ4n) is 1.87. The van der Waals surface area contributed by atoms with Crippen molar-refractivity contribution in [2.45, 2.75) is 13.0 Å². The molecular weight excluding hydrogens is 259 g/mol. The molecule has 0 bridgehead atoms. The molecule has 5 nitrogen and oxygen atoms in total. The molecule has 0 radical (unpaired) electrons. The van der Waals surface area contributed by atoms with Crippen LogP contribution in [-0.4, -0.2) is 42.2 Å². The first-order valence-electron chi connectivity index (χ1n) is 6.60. The zero-order valence-electron chi connectivity index (χ0n) is 11.8. The van der Waals surface area contributed by atoms with Gasteiger partial charge in [-0.15, -0.1) is 0 Å². The molecule has 0 fully saturated rings. The highest BCUT2D eigenvalue weighted by Gasteiger charge is 2.10. The molecule has 0 aliphatic rings. The topological polar surface area (TPSA) is 54.2 Å². The van der Waals surface area contributed by atoms with Gasteiger partial charge in [-0.05, 0) is 57.9 Å². The Kier molecular flexibility index (Phi) is 5.20. The van der Waals surface area contributed by atoms with Gasteiger partial charge in [0.15, 0.2) is 5.82 Å². The number of halogens is 1. The van der Waals surface area contributed by atoms with Crippen LogP contribution in [0.15, 0.2) is 28.8 Å². The minimum atomic E-state index is -0.280. The number of aromatic nitrogens is 2. The van der Waals surface area contributed by atoms with E-state index in [0.29, 0.717) is 18.3 Å². The van der Waals surface area contributed by atoms with Crippen molar-refractivity contribution in [3.05, 3.63) is 35.9 Å². The van der Waals surface area contributed by atoms with Crippen LogP contribution in [0.5, 0.6) is 0 Å². The van der Waals surface area contributed by atoms with Gasteiger partial charge in [-0.25, -0.2) is 4.39 Å². The molecule has 0 aliphatic heterocycles. The lowest BCUT2D eigenvalue weighted by molar-refractivity contribution is 0.305. The highest BCUT2D eigenvalue weighted by atomic mass is 19.1. The Morgan fingerprint density at radius 1 is 1.30 bits per heavy atom. The molecular formula is C14H19FN4O. The maximum Gasteiger partial charge on any atom is 0.257 e. The Hall–Kier alpha value is -1.79. The molecule has 1 aromatic heterocycles. The Bertz CT molecular complexity index is 526. The summed E-state index contributed by atoms with van der Waals surface area (Å²) in [7, 11) is 3.96. The summed E-state index contributed by atoms with van der Waals surface area (Å²) >= 11 is 0. The summed E-state index contributed by atoms with van der Waals surface area (Å²) in [5.41, 5.74) is 0.725. The predicted molar refractivity (Wildman–Crippen MR) is 74.6 cm³/mol. The van der Waals surface area contributed by atoms with Crippen LogP contribution >= 0.6 is 0 Å². The Labute approximate surface area is 117 Å². The maximum atomic E-state index is 12.8. The number of rotatable bonds is 7. The van der Waals surface area contributed by atoms with Crippen LogP contribution in [0, 0.1) is 5.82 Å². The second kappa shape index (κ2) is 7.12. The van der Waals surface area contributed by atoms with Crippen molar-refractivity contribution in [2.75, 3.05) is 27.2 Å². The number of nitrogens with zero attached hydrogens (tertiary/aromatic N) is 3. The summed E-state index contributed by atoms with van der Waals surface area (Å²) in [6.45, 7) is 2.58. The lowest BCUT2D eigenvalue weighted by Crippen LogP contribution is -2.22. The first-order valence-corrected chi connectivity index (χ1v) is 6.60. The van der Waals surface area contributed by atoms with E-state index >= 15 is 0 Å². The lowest BCUT2D eigenvalue weighted by atomic mass is 10.2. The van der Waals surface area contributed by atoms with E-state index in [1.165, 1.54) is 12.1 Å². The zero-order valence-corrected chi connectivity index (χ0v) is 11.8. The highest BCUT2D eigenvalue weighted by Crippen LogP contribution is 2.17. The van der Waals surface area contributed by atoms with Crippen LogP contribution in [0.4, 0.5) is 4.39 Å². The van der Waals surface area contributed by atoms with E-state index in [1.54, 1.807) is 12.1 Å². The van der Waals surface area contributed by atoms with Gasteiger partial charge >= 0.3 is 0 Å². The monoisotopic (exact) mass is 278 g/mol. The largest absolute Gasteiger partial charge is 0.334 e. The van der Waals surface area contributed by atoms with Gasteiger partial charge in [-0.1, -0.05) is 5.16 Å². The molecule has 1 heterocycles. The van der Waals surface area contributed by atoms with Crippen LogP contribution in [0.3, 0.4) is 0 Å². The summed E-state index contributed by atoms with van der Waals surface area (Å²) < 4.78 is 18.0. The van der Waals surface area contributed by atoms with Gasteiger partial charge in [0.1, 0.15) is 5.82 Å². The molecule has 2 rings (SSSR count). The predicted octanol–water partition coefficient (Wildman–Crippen LogP) is 1.92. The third-order valence-electron chi connectivity index (χ3n) is 2.94. The Morgan fingerprint density at radius 2 is 2.05 bits per heavy atom. The van der Waals surface area contributed by atoms with Crippen molar-refractivity contribution < 1.29 is 8.91 Å². The third kappa shape index (κ3) is 4.11. The van der Waals surface area contributed by atoms with Crippen molar-refractivity contribution in [2.24, 2.45) is 0 Å². The molecule has 0 amide bonds. The van der Waals surface area contributed by atoms with E-state index in [9.17, 15) is 4.39 Å². The molecule has 1 N–H and O–H groups in total. The SMILES string of the molecule is CNCCCN(C)Cc1noc(-c2ccc(F)cc2)n1. The fraction of sp³-hybridized carbons (Fsp3) is 0.429. The Morgan fingerprint density at radius 3 is 2.75 bits per heavy atom. The van der Waals surface area contributed by atoms with Crippen molar-refractivity contribution in [1.82, 2.24) is 20.4 Å². The second-order valence-electron chi connectivity index (χ2n) is 4.72. The van der Waals surface area contributed by atoms with Gasteiger partial charge < -0.3 is 9.84 Å². The molecule has 1 aromatic carbocycles. The third-order valence-corrected chi connectivity index (χ3v) is 2.94. The van der Waals surface area contributed by atoms with Gasteiger partial charge in [0.25, 0.3) is 5.89 Å². The minimum absolute atomic E-state index is 0.280. The number of hydrogen-bond acceptors (Lipinski definition) is 5. The van der Waals surface area contributed by atoms with Crippen LogP contribution in [-0.2, 0) is 6.54 Å². The first-order chi connectivity index (χ1) is 9.69. The lowest BCUT2D eigenvalue weighted by Gasteiger charge is -2.13. The average molecular weight is 278 g/mol. The fourth-order valence-corrected chi connectivity index (χ4v) is 1.87.